The fourth-order valence-corrected chi connectivity index (χ4v) is 4.95. The van der Waals surface area contributed by atoms with E-state index in [-0.39, 0.29) is 31.2 Å². The van der Waals surface area contributed by atoms with Gasteiger partial charge in [-0.15, -0.1) is 0 Å². The maximum Gasteiger partial charge on any atom is 0.414 e. The summed E-state index contributed by atoms with van der Waals surface area (Å²) in [6, 6.07) is 5.08. The molecule has 0 aliphatic carbocycles. The van der Waals surface area contributed by atoms with Crippen molar-refractivity contribution < 1.29 is 38.2 Å². The molecule has 4 amide bonds. The van der Waals surface area contributed by atoms with Gasteiger partial charge in [-0.2, -0.15) is 0 Å². The van der Waals surface area contributed by atoms with Gasteiger partial charge < -0.3 is 30.2 Å². The molecule has 1 aromatic carbocycles. The highest BCUT2D eigenvalue weighted by Gasteiger charge is 2.36. The summed E-state index contributed by atoms with van der Waals surface area (Å²) in [6.45, 7) is 9.95. The normalized spacial score (nSPS) is 19.9. The number of nitrogens with one attached hydrogen (secondary N) is 3. The van der Waals surface area contributed by atoms with Crippen molar-refractivity contribution in [1.82, 2.24) is 16.0 Å². The number of ether oxygens (including phenoxy) is 3. The largest absolute Gasteiger partial charge is 0.467 e. The second-order valence-corrected chi connectivity index (χ2v) is 11.8. The molecule has 3 N–H and O–H groups in total. The third-order valence-electron chi connectivity index (χ3n) is 6.85. The number of nitrogens with zero attached hydrogens (tertiary/aromatic N) is 1. The number of hydrogen-bond acceptors (Lipinski definition) is 8. The second kappa shape index (κ2) is 13.7. The molecule has 1 fully saturated rings. The maximum absolute atomic E-state index is 13.3. The molecule has 12 nitrogen and oxygen atoms in total. The monoisotopic (exact) mass is 574 g/mol. The number of carbonyl (C=O) groups is 5. The lowest BCUT2D eigenvalue weighted by Gasteiger charge is -2.35. The third kappa shape index (κ3) is 8.83. The molecule has 0 aromatic heterocycles. The third-order valence-corrected chi connectivity index (χ3v) is 6.85. The van der Waals surface area contributed by atoms with E-state index < -0.39 is 53.8 Å². The molecule has 2 aliphatic rings. The first kappa shape index (κ1) is 31.7. The first-order valence-corrected chi connectivity index (χ1v) is 14.0. The van der Waals surface area contributed by atoms with Gasteiger partial charge in [0, 0.05) is 31.0 Å². The summed E-state index contributed by atoms with van der Waals surface area (Å²) in [7, 11) is 1.21. The van der Waals surface area contributed by atoms with Gasteiger partial charge in [0.2, 0.25) is 11.8 Å². The molecule has 12 heteroatoms. The van der Waals surface area contributed by atoms with Gasteiger partial charge in [0.1, 0.15) is 23.8 Å². The highest BCUT2D eigenvalue weighted by atomic mass is 16.6. The van der Waals surface area contributed by atoms with Crippen LogP contribution < -0.4 is 20.9 Å². The Hall–Kier alpha value is -3.83. The number of benzene rings is 1. The highest BCUT2D eigenvalue weighted by Crippen LogP contribution is 2.36. The second-order valence-electron chi connectivity index (χ2n) is 11.8. The smallest absolute Gasteiger partial charge is 0.414 e. The van der Waals surface area contributed by atoms with Crippen LogP contribution in [-0.4, -0.2) is 67.9 Å². The number of rotatable bonds is 9. The number of anilines is 1. The van der Waals surface area contributed by atoms with Crippen molar-refractivity contribution in [2.24, 2.45) is 11.8 Å². The Bertz CT molecular complexity index is 1130. The van der Waals surface area contributed by atoms with Crippen molar-refractivity contribution in [3.05, 3.63) is 29.8 Å². The molecule has 4 atom stereocenters. The lowest BCUT2D eigenvalue weighted by atomic mass is 9.97. The van der Waals surface area contributed by atoms with E-state index >= 15 is 0 Å². The van der Waals surface area contributed by atoms with Crippen LogP contribution in [0.5, 0.6) is 0 Å². The van der Waals surface area contributed by atoms with E-state index in [1.807, 2.05) is 13.8 Å². The summed E-state index contributed by atoms with van der Waals surface area (Å²) in [5.74, 6) is -1.82. The predicted molar refractivity (Wildman–Crippen MR) is 150 cm³/mol. The predicted octanol–water partition coefficient (Wildman–Crippen LogP) is 3.20. The Labute approximate surface area is 240 Å². The van der Waals surface area contributed by atoms with Crippen LogP contribution in [0.15, 0.2) is 24.3 Å². The molecular weight excluding hydrogens is 532 g/mol. The van der Waals surface area contributed by atoms with Crippen molar-refractivity contribution in [2.45, 2.75) is 84.1 Å². The Morgan fingerprint density at radius 1 is 1.07 bits per heavy atom. The zero-order valence-corrected chi connectivity index (χ0v) is 24.7. The summed E-state index contributed by atoms with van der Waals surface area (Å²) < 4.78 is 16.1. The number of methoxy groups -OCH3 is 1. The quantitative estimate of drug-likeness (QED) is 0.300. The maximum atomic E-state index is 13.3. The van der Waals surface area contributed by atoms with E-state index in [4.69, 9.17) is 14.2 Å². The minimum absolute atomic E-state index is 0.0287. The van der Waals surface area contributed by atoms with E-state index in [2.05, 4.69) is 16.0 Å². The van der Waals surface area contributed by atoms with Crippen LogP contribution in [0.3, 0.4) is 0 Å². The van der Waals surface area contributed by atoms with Gasteiger partial charge in [0.25, 0.3) is 0 Å². The number of alkyl carbamates (subject to hydrolysis) is 1. The van der Waals surface area contributed by atoms with Crippen molar-refractivity contribution in [3.63, 3.8) is 0 Å². The Balaban J connectivity index is 1.69. The van der Waals surface area contributed by atoms with E-state index in [0.29, 0.717) is 30.6 Å². The molecule has 0 saturated carbocycles. The van der Waals surface area contributed by atoms with E-state index in [9.17, 15) is 24.0 Å². The van der Waals surface area contributed by atoms with Gasteiger partial charge in [-0.3, -0.25) is 14.5 Å². The van der Waals surface area contributed by atoms with Crippen molar-refractivity contribution >= 4 is 35.7 Å². The van der Waals surface area contributed by atoms with E-state index in [1.165, 1.54) is 12.0 Å². The summed E-state index contributed by atoms with van der Waals surface area (Å²) in [6.07, 6.45) is -0.688. The number of para-hydroxylation sites is 1. The van der Waals surface area contributed by atoms with Crippen LogP contribution in [0.1, 0.15) is 72.0 Å². The van der Waals surface area contributed by atoms with Crippen molar-refractivity contribution in [3.8, 4) is 0 Å². The van der Waals surface area contributed by atoms with Crippen LogP contribution in [0.2, 0.25) is 0 Å². The van der Waals surface area contributed by atoms with Gasteiger partial charge >= 0.3 is 18.2 Å². The molecule has 2 heterocycles. The van der Waals surface area contributed by atoms with Gasteiger partial charge in [-0.05, 0) is 52.0 Å². The average Bonchev–Trinajstić information content (AvgIpc) is 3.30. The first-order chi connectivity index (χ1) is 19.3. The summed E-state index contributed by atoms with van der Waals surface area (Å²) in [4.78, 5) is 65.1. The van der Waals surface area contributed by atoms with Crippen LogP contribution in [-0.2, 0) is 28.6 Å². The molecule has 1 aromatic rings. The topological polar surface area (TPSA) is 152 Å². The number of carbonyl (C=O) groups excluding carboxylic acids is 5. The molecule has 0 bridgehead atoms. The summed E-state index contributed by atoms with van der Waals surface area (Å²) in [5, 5.41) is 8.03. The SMILES string of the molecule is COC(=O)C(C[C@@H]1CCNC1=O)NC(=O)C(CC(C)C)NC(=O)OC1CCN(C(=O)OC(C)(C)C)c2ccccc21. The fourth-order valence-electron chi connectivity index (χ4n) is 4.95. The van der Waals surface area contributed by atoms with Gasteiger partial charge in [-0.1, -0.05) is 32.0 Å². The zero-order chi connectivity index (χ0) is 30.3. The molecule has 3 rings (SSSR count). The molecule has 41 heavy (non-hydrogen) atoms. The average molecular weight is 575 g/mol. The first-order valence-electron chi connectivity index (χ1n) is 14.0. The summed E-state index contributed by atoms with van der Waals surface area (Å²) in [5.41, 5.74) is 0.561. The lowest BCUT2D eigenvalue weighted by Crippen LogP contribution is -2.53. The molecule has 0 radical (unpaired) electrons. The highest BCUT2D eigenvalue weighted by molar-refractivity contribution is 5.91. The molecule has 2 aliphatic heterocycles. The fraction of sp³-hybridized carbons (Fsp3) is 0.621. The molecule has 0 spiro atoms. The Morgan fingerprint density at radius 3 is 2.39 bits per heavy atom. The Morgan fingerprint density at radius 2 is 1.78 bits per heavy atom. The number of fused-ring (bicyclic) bond motifs is 1. The number of hydrogen-bond donors (Lipinski definition) is 3. The van der Waals surface area contributed by atoms with Gasteiger partial charge in [0.15, 0.2) is 0 Å². The van der Waals surface area contributed by atoms with E-state index in [0.717, 1.165) is 0 Å². The zero-order valence-electron chi connectivity index (χ0n) is 24.7. The minimum atomic E-state index is -1.04. The Kier molecular flexibility index (Phi) is 10.6. The van der Waals surface area contributed by atoms with Crippen LogP contribution >= 0.6 is 0 Å². The summed E-state index contributed by atoms with van der Waals surface area (Å²) >= 11 is 0. The minimum Gasteiger partial charge on any atom is -0.467 e. The number of amides is 4. The van der Waals surface area contributed by atoms with Crippen molar-refractivity contribution in [1.29, 1.82) is 0 Å². The van der Waals surface area contributed by atoms with Crippen LogP contribution in [0.4, 0.5) is 15.3 Å². The van der Waals surface area contributed by atoms with Gasteiger partial charge in [-0.25, -0.2) is 14.4 Å². The standard InChI is InChI=1S/C29H42N4O8/c1-17(2)15-20(25(35)31-21(26(36)39-6)16-18-11-13-30-24(18)34)32-27(37)40-23-12-14-33(28(38)41-29(3,4)5)22-10-8-7-9-19(22)23/h7-10,17-18,20-21,23H,11-16H2,1-6H3,(H,30,34)(H,31,35)(H,32,37)/t18-,20?,21?,23?/m0/s1. The lowest BCUT2D eigenvalue weighted by molar-refractivity contribution is -0.146. The van der Waals surface area contributed by atoms with E-state index in [1.54, 1.807) is 45.0 Å². The van der Waals surface area contributed by atoms with Crippen molar-refractivity contribution in [2.75, 3.05) is 25.1 Å². The number of esters is 1. The van der Waals surface area contributed by atoms with Gasteiger partial charge in [0.05, 0.1) is 12.8 Å². The molecular formula is C29H42N4O8. The molecule has 1 saturated heterocycles. The molecule has 3 unspecified atom stereocenters. The molecule has 226 valence electrons. The van der Waals surface area contributed by atoms with Crippen LogP contribution in [0.25, 0.3) is 0 Å². The van der Waals surface area contributed by atoms with Crippen LogP contribution in [0, 0.1) is 11.8 Å².